The van der Waals surface area contributed by atoms with E-state index in [1.165, 1.54) is 12.0 Å². The van der Waals surface area contributed by atoms with Crippen molar-refractivity contribution in [2.75, 3.05) is 0 Å². The summed E-state index contributed by atoms with van der Waals surface area (Å²) in [5.41, 5.74) is 8.81. The molecule has 1 aliphatic rings. The Morgan fingerprint density at radius 1 is 1.24 bits per heavy atom. The van der Waals surface area contributed by atoms with Crippen molar-refractivity contribution in [3.63, 3.8) is 0 Å². The smallest absolute Gasteiger partial charge is 0.229 e. The lowest BCUT2D eigenvalue weighted by molar-refractivity contribution is 0.457. The minimum atomic E-state index is 0.299. The molecule has 0 unspecified atom stereocenters. The predicted molar refractivity (Wildman–Crippen MR) is 88.3 cm³/mol. The Kier molecular flexibility index (Phi) is 4.08. The van der Waals surface area contributed by atoms with Crippen molar-refractivity contribution >= 4 is 28.8 Å². The summed E-state index contributed by atoms with van der Waals surface area (Å²) in [5, 5.41) is 0.613. The van der Waals surface area contributed by atoms with E-state index in [0.29, 0.717) is 27.2 Å². The molecule has 21 heavy (non-hydrogen) atoms. The predicted octanol–water partition coefficient (Wildman–Crippen LogP) is 4.04. The van der Waals surface area contributed by atoms with E-state index in [4.69, 9.17) is 34.3 Å². The third-order valence-corrected chi connectivity index (χ3v) is 4.00. The molecule has 0 saturated carbocycles. The van der Waals surface area contributed by atoms with E-state index in [-0.39, 0.29) is 0 Å². The highest BCUT2D eigenvalue weighted by molar-refractivity contribution is 7.80. The van der Waals surface area contributed by atoms with Crippen molar-refractivity contribution in [3.05, 3.63) is 52.2 Å². The topological polar surface area (TPSA) is 48.1 Å². The standard InChI is InChI=1S/C16H15ClN2OS/c17-11-5-3-6-12(9-11)20-16-13(15(18)21)8-10-4-1-2-7-14(10)19-16/h3,5-6,8-9H,1-2,4,7H2,(H2,18,21). The van der Waals surface area contributed by atoms with Crippen LogP contribution in [0, 0.1) is 0 Å². The Hall–Kier alpha value is -1.65. The number of ether oxygens (including phenoxy) is 1. The molecule has 0 bridgehead atoms. The molecule has 0 saturated heterocycles. The number of hydrogen-bond acceptors (Lipinski definition) is 3. The summed E-state index contributed by atoms with van der Waals surface area (Å²) in [6.07, 6.45) is 4.33. The van der Waals surface area contributed by atoms with E-state index in [2.05, 4.69) is 4.98 Å². The summed E-state index contributed by atoms with van der Waals surface area (Å²) in [6, 6.07) is 9.21. The number of benzene rings is 1. The zero-order valence-electron chi connectivity index (χ0n) is 11.4. The molecule has 0 spiro atoms. The molecule has 3 nitrogen and oxygen atoms in total. The van der Waals surface area contributed by atoms with Gasteiger partial charge in [0.05, 0.1) is 5.56 Å². The van der Waals surface area contributed by atoms with Crippen molar-refractivity contribution < 1.29 is 4.74 Å². The first-order valence-corrected chi connectivity index (χ1v) is 7.68. The number of rotatable bonds is 3. The molecule has 108 valence electrons. The Bertz CT molecular complexity index is 703. The highest BCUT2D eigenvalue weighted by Crippen LogP contribution is 2.30. The second kappa shape index (κ2) is 6.00. The van der Waals surface area contributed by atoms with Gasteiger partial charge in [-0.3, -0.25) is 0 Å². The van der Waals surface area contributed by atoms with Crippen LogP contribution < -0.4 is 10.5 Å². The van der Waals surface area contributed by atoms with Gasteiger partial charge in [0.1, 0.15) is 10.7 Å². The zero-order valence-corrected chi connectivity index (χ0v) is 13.0. The monoisotopic (exact) mass is 318 g/mol. The molecule has 2 aromatic rings. The molecule has 0 amide bonds. The van der Waals surface area contributed by atoms with E-state index in [1.807, 2.05) is 18.2 Å². The fourth-order valence-electron chi connectivity index (χ4n) is 2.51. The lowest BCUT2D eigenvalue weighted by Crippen LogP contribution is -2.15. The van der Waals surface area contributed by atoms with Crippen LogP contribution in [-0.2, 0) is 12.8 Å². The highest BCUT2D eigenvalue weighted by atomic mass is 35.5. The molecule has 0 radical (unpaired) electrons. The van der Waals surface area contributed by atoms with Gasteiger partial charge in [-0.1, -0.05) is 29.9 Å². The quantitative estimate of drug-likeness (QED) is 0.868. The summed E-state index contributed by atoms with van der Waals surface area (Å²) < 4.78 is 5.85. The molecule has 1 aliphatic carbocycles. The zero-order chi connectivity index (χ0) is 14.8. The van der Waals surface area contributed by atoms with Crippen molar-refractivity contribution in [1.82, 2.24) is 4.98 Å². The second-order valence-corrected chi connectivity index (χ2v) is 5.95. The Morgan fingerprint density at radius 2 is 2.05 bits per heavy atom. The first-order chi connectivity index (χ1) is 10.1. The van der Waals surface area contributed by atoms with Gasteiger partial charge in [0.15, 0.2) is 0 Å². The molecule has 5 heteroatoms. The SMILES string of the molecule is NC(=S)c1cc2c(nc1Oc1cccc(Cl)c1)CCCC2. The van der Waals surface area contributed by atoms with Gasteiger partial charge >= 0.3 is 0 Å². The molecular formula is C16H15ClN2OS. The molecule has 0 fully saturated rings. The van der Waals surface area contributed by atoms with Crippen LogP contribution in [0.15, 0.2) is 30.3 Å². The number of nitrogens with two attached hydrogens (primary N) is 1. The number of aryl methyl sites for hydroxylation is 2. The Labute approximate surface area is 134 Å². The second-order valence-electron chi connectivity index (χ2n) is 5.08. The van der Waals surface area contributed by atoms with Gasteiger partial charge in [0.2, 0.25) is 5.88 Å². The third-order valence-electron chi connectivity index (χ3n) is 3.54. The van der Waals surface area contributed by atoms with Crippen molar-refractivity contribution in [2.45, 2.75) is 25.7 Å². The lowest BCUT2D eigenvalue weighted by Gasteiger charge is -2.18. The van der Waals surface area contributed by atoms with Gasteiger partial charge in [-0.25, -0.2) is 4.98 Å². The Balaban J connectivity index is 2.01. The van der Waals surface area contributed by atoms with Crippen LogP contribution in [0.25, 0.3) is 0 Å². The number of hydrogen-bond donors (Lipinski definition) is 1. The van der Waals surface area contributed by atoms with Crippen LogP contribution in [-0.4, -0.2) is 9.97 Å². The number of pyridine rings is 1. The Morgan fingerprint density at radius 3 is 2.81 bits per heavy atom. The van der Waals surface area contributed by atoms with Crippen LogP contribution in [0.1, 0.15) is 29.7 Å². The van der Waals surface area contributed by atoms with Crippen LogP contribution in [0.2, 0.25) is 5.02 Å². The number of nitrogens with zero attached hydrogens (tertiary/aromatic N) is 1. The van der Waals surface area contributed by atoms with E-state index < -0.39 is 0 Å². The first kappa shape index (κ1) is 14.3. The average Bonchev–Trinajstić information content (AvgIpc) is 2.46. The summed E-state index contributed by atoms with van der Waals surface area (Å²) >= 11 is 11.1. The van der Waals surface area contributed by atoms with E-state index in [9.17, 15) is 0 Å². The number of halogens is 1. The molecule has 0 aliphatic heterocycles. The van der Waals surface area contributed by atoms with Gasteiger partial charge in [-0.05, 0) is 55.5 Å². The van der Waals surface area contributed by atoms with Gasteiger partial charge in [-0.2, -0.15) is 0 Å². The van der Waals surface area contributed by atoms with Crippen molar-refractivity contribution in [3.8, 4) is 11.6 Å². The third kappa shape index (κ3) is 3.17. The summed E-state index contributed by atoms with van der Waals surface area (Å²) in [7, 11) is 0. The molecule has 3 rings (SSSR count). The molecule has 1 aromatic heterocycles. The molecule has 0 atom stereocenters. The fraction of sp³-hybridized carbons (Fsp3) is 0.250. The van der Waals surface area contributed by atoms with Gasteiger partial charge in [0, 0.05) is 10.7 Å². The van der Waals surface area contributed by atoms with E-state index in [1.54, 1.807) is 12.1 Å². The maximum Gasteiger partial charge on any atom is 0.229 e. The number of fused-ring (bicyclic) bond motifs is 1. The van der Waals surface area contributed by atoms with Crippen molar-refractivity contribution in [2.24, 2.45) is 5.73 Å². The number of aromatic nitrogens is 1. The van der Waals surface area contributed by atoms with E-state index in [0.717, 1.165) is 25.0 Å². The normalized spacial score (nSPS) is 13.6. The number of thiocarbonyl (C=S) groups is 1. The average molecular weight is 319 g/mol. The minimum absolute atomic E-state index is 0.299. The van der Waals surface area contributed by atoms with E-state index >= 15 is 0 Å². The summed E-state index contributed by atoms with van der Waals surface area (Å²) in [6.45, 7) is 0. The molecular weight excluding hydrogens is 304 g/mol. The molecule has 1 heterocycles. The van der Waals surface area contributed by atoms with Crippen LogP contribution in [0.4, 0.5) is 0 Å². The largest absolute Gasteiger partial charge is 0.438 e. The maximum atomic E-state index is 5.98. The highest BCUT2D eigenvalue weighted by Gasteiger charge is 2.18. The van der Waals surface area contributed by atoms with Crippen LogP contribution >= 0.6 is 23.8 Å². The lowest BCUT2D eigenvalue weighted by atomic mass is 9.95. The summed E-state index contributed by atoms with van der Waals surface area (Å²) in [5.74, 6) is 1.09. The summed E-state index contributed by atoms with van der Waals surface area (Å²) in [4.78, 5) is 4.93. The van der Waals surface area contributed by atoms with Gasteiger partial charge in [0.25, 0.3) is 0 Å². The van der Waals surface area contributed by atoms with Crippen molar-refractivity contribution in [1.29, 1.82) is 0 Å². The molecule has 2 N–H and O–H groups in total. The van der Waals surface area contributed by atoms with Crippen LogP contribution in [0.5, 0.6) is 11.6 Å². The molecule has 1 aromatic carbocycles. The maximum absolute atomic E-state index is 5.98. The van der Waals surface area contributed by atoms with Gasteiger partial charge < -0.3 is 10.5 Å². The first-order valence-electron chi connectivity index (χ1n) is 6.89. The minimum Gasteiger partial charge on any atom is -0.438 e. The van der Waals surface area contributed by atoms with Gasteiger partial charge in [-0.15, -0.1) is 0 Å². The van der Waals surface area contributed by atoms with Crippen LogP contribution in [0.3, 0.4) is 0 Å². The fourth-order valence-corrected chi connectivity index (χ4v) is 2.84.